The summed E-state index contributed by atoms with van der Waals surface area (Å²) in [6.07, 6.45) is 5.14. The van der Waals surface area contributed by atoms with Gasteiger partial charge in [0.15, 0.2) is 0 Å². The Balaban J connectivity index is 1.50. The second-order valence-electron chi connectivity index (χ2n) is 6.89. The minimum Gasteiger partial charge on any atom is -0.356 e. The number of aryl methyl sites for hydroxylation is 1. The lowest BCUT2D eigenvalue weighted by atomic mass is 9.99. The molecule has 0 saturated heterocycles. The van der Waals surface area contributed by atoms with Crippen molar-refractivity contribution >= 4 is 5.91 Å². The van der Waals surface area contributed by atoms with Gasteiger partial charge in [-0.3, -0.25) is 9.59 Å². The Morgan fingerprint density at radius 1 is 1.24 bits per heavy atom. The van der Waals surface area contributed by atoms with Crippen molar-refractivity contribution in [2.45, 2.75) is 33.1 Å². The number of nitriles is 1. The number of rotatable bonds is 7. The van der Waals surface area contributed by atoms with Gasteiger partial charge in [0.2, 0.25) is 5.91 Å². The average Bonchev–Trinajstić information content (AvgIpc) is 3.23. The molecule has 0 fully saturated rings. The zero-order valence-electron chi connectivity index (χ0n) is 16.5. The van der Waals surface area contributed by atoms with Crippen LogP contribution in [0.25, 0.3) is 5.69 Å². The van der Waals surface area contributed by atoms with Crippen LogP contribution in [0.4, 0.5) is 0 Å². The van der Waals surface area contributed by atoms with Crippen LogP contribution in [0.2, 0.25) is 0 Å². The quantitative estimate of drug-likeness (QED) is 0.647. The molecule has 1 amide bonds. The van der Waals surface area contributed by atoms with Crippen LogP contribution in [-0.2, 0) is 17.6 Å². The van der Waals surface area contributed by atoms with Crippen molar-refractivity contribution in [3.8, 4) is 11.8 Å². The van der Waals surface area contributed by atoms with Gasteiger partial charge in [0.1, 0.15) is 11.6 Å². The highest BCUT2D eigenvalue weighted by Gasteiger charge is 2.13. The summed E-state index contributed by atoms with van der Waals surface area (Å²) in [6.45, 7) is 4.09. The molecule has 0 aliphatic heterocycles. The van der Waals surface area contributed by atoms with Gasteiger partial charge < -0.3 is 10.3 Å². The molecule has 0 unspecified atom stereocenters. The van der Waals surface area contributed by atoms with E-state index in [4.69, 9.17) is 5.26 Å². The number of aromatic nitrogens is 3. The van der Waals surface area contributed by atoms with Crippen molar-refractivity contribution in [1.82, 2.24) is 20.1 Å². The number of H-pyrrole nitrogens is 1. The van der Waals surface area contributed by atoms with Gasteiger partial charge in [0, 0.05) is 31.1 Å². The van der Waals surface area contributed by atoms with Crippen LogP contribution in [0.1, 0.15) is 34.4 Å². The summed E-state index contributed by atoms with van der Waals surface area (Å²) >= 11 is 0. The number of hydrogen-bond acceptors (Lipinski definition) is 4. The van der Waals surface area contributed by atoms with Crippen LogP contribution in [0.3, 0.4) is 0 Å². The van der Waals surface area contributed by atoms with Gasteiger partial charge in [-0.05, 0) is 61.6 Å². The summed E-state index contributed by atoms with van der Waals surface area (Å²) in [5.74, 6) is -0.0540. The third-order valence-corrected chi connectivity index (χ3v) is 4.96. The number of carbonyl (C=O) groups excluding carboxylic acids is 1. The molecule has 0 atom stereocenters. The lowest BCUT2D eigenvalue weighted by Gasteiger charge is -2.11. The highest BCUT2D eigenvalue weighted by molar-refractivity contribution is 5.76. The summed E-state index contributed by atoms with van der Waals surface area (Å²) < 4.78 is 1.80. The molecule has 7 nitrogen and oxygen atoms in total. The van der Waals surface area contributed by atoms with E-state index in [1.165, 1.54) is 0 Å². The maximum atomic E-state index is 12.2. The first-order valence-electron chi connectivity index (χ1n) is 9.47. The van der Waals surface area contributed by atoms with Crippen molar-refractivity contribution in [1.29, 1.82) is 5.26 Å². The number of carbonyl (C=O) groups is 1. The van der Waals surface area contributed by atoms with E-state index in [-0.39, 0.29) is 17.0 Å². The predicted molar refractivity (Wildman–Crippen MR) is 110 cm³/mol. The van der Waals surface area contributed by atoms with Gasteiger partial charge in [-0.2, -0.15) is 10.4 Å². The van der Waals surface area contributed by atoms with Gasteiger partial charge in [-0.1, -0.05) is 12.1 Å². The molecule has 3 aromatic rings. The van der Waals surface area contributed by atoms with E-state index in [2.05, 4.69) is 15.4 Å². The number of aromatic amines is 1. The van der Waals surface area contributed by atoms with Crippen molar-refractivity contribution < 1.29 is 4.79 Å². The van der Waals surface area contributed by atoms with Crippen LogP contribution >= 0.6 is 0 Å². The smallest absolute Gasteiger partial charge is 0.266 e. The lowest BCUT2D eigenvalue weighted by molar-refractivity contribution is -0.121. The first-order chi connectivity index (χ1) is 14.0. The standard InChI is InChI=1S/C22H23N5O2/c1-15-19(16(2)26-22(29)20(15)14-23)8-9-21(28)24-12-10-17-4-6-18(7-5-17)27-13-3-11-25-27/h3-7,11,13H,8-10,12H2,1-2H3,(H,24,28)(H,26,29). The van der Waals surface area contributed by atoms with Crippen LogP contribution < -0.4 is 10.9 Å². The second-order valence-corrected chi connectivity index (χ2v) is 6.89. The van der Waals surface area contributed by atoms with E-state index in [0.717, 1.165) is 23.2 Å². The van der Waals surface area contributed by atoms with E-state index in [1.807, 2.05) is 42.6 Å². The molecule has 1 aromatic carbocycles. The van der Waals surface area contributed by atoms with Gasteiger partial charge in [-0.15, -0.1) is 0 Å². The van der Waals surface area contributed by atoms with E-state index >= 15 is 0 Å². The Hall–Kier alpha value is -3.66. The van der Waals surface area contributed by atoms with Gasteiger partial charge in [0.25, 0.3) is 5.56 Å². The first kappa shape index (κ1) is 20.1. The average molecular weight is 389 g/mol. The summed E-state index contributed by atoms with van der Waals surface area (Å²) in [4.78, 5) is 26.7. The van der Waals surface area contributed by atoms with Crippen LogP contribution in [-0.4, -0.2) is 27.2 Å². The third-order valence-electron chi connectivity index (χ3n) is 4.96. The van der Waals surface area contributed by atoms with Crippen molar-refractivity contribution in [3.63, 3.8) is 0 Å². The number of amides is 1. The molecule has 7 heteroatoms. The number of benzene rings is 1. The molecule has 29 heavy (non-hydrogen) atoms. The number of nitrogens with zero attached hydrogens (tertiary/aromatic N) is 3. The Morgan fingerprint density at radius 3 is 2.66 bits per heavy atom. The maximum Gasteiger partial charge on any atom is 0.266 e. The molecule has 0 aliphatic rings. The molecule has 2 N–H and O–H groups in total. The maximum absolute atomic E-state index is 12.2. The summed E-state index contributed by atoms with van der Waals surface area (Å²) in [6, 6.07) is 11.9. The highest BCUT2D eigenvalue weighted by atomic mass is 16.1. The van der Waals surface area contributed by atoms with E-state index in [1.54, 1.807) is 24.7 Å². The zero-order valence-corrected chi connectivity index (χ0v) is 16.5. The molecule has 2 heterocycles. The highest BCUT2D eigenvalue weighted by Crippen LogP contribution is 2.15. The third kappa shape index (κ3) is 4.79. The Bertz CT molecular complexity index is 1090. The minimum atomic E-state index is -0.380. The molecule has 3 rings (SSSR count). The second kappa shape index (κ2) is 9.02. The van der Waals surface area contributed by atoms with Crippen LogP contribution in [0.5, 0.6) is 0 Å². The summed E-state index contributed by atoms with van der Waals surface area (Å²) in [5, 5.41) is 16.3. The zero-order chi connectivity index (χ0) is 20.8. The van der Waals surface area contributed by atoms with Gasteiger partial charge in [0.05, 0.1) is 5.69 Å². The van der Waals surface area contributed by atoms with E-state index in [0.29, 0.717) is 30.6 Å². The van der Waals surface area contributed by atoms with E-state index < -0.39 is 0 Å². The Labute approximate surface area is 169 Å². The topological polar surface area (TPSA) is 104 Å². The normalized spacial score (nSPS) is 10.5. The fourth-order valence-electron chi connectivity index (χ4n) is 3.33. The summed E-state index contributed by atoms with van der Waals surface area (Å²) in [5.41, 5.74) is 4.07. The van der Waals surface area contributed by atoms with Crippen molar-refractivity contribution in [2.75, 3.05) is 6.54 Å². The Kier molecular flexibility index (Phi) is 6.25. The summed E-state index contributed by atoms with van der Waals surface area (Å²) in [7, 11) is 0. The molecular weight excluding hydrogens is 366 g/mol. The largest absolute Gasteiger partial charge is 0.356 e. The molecule has 2 aromatic heterocycles. The fraction of sp³-hybridized carbons (Fsp3) is 0.273. The Morgan fingerprint density at radius 2 is 2.00 bits per heavy atom. The molecular formula is C22H23N5O2. The molecule has 0 saturated carbocycles. The van der Waals surface area contributed by atoms with Gasteiger partial charge in [-0.25, -0.2) is 4.68 Å². The number of hydrogen-bond donors (Lipinski definition) is 2. The number of nitrogens with one attached hydrogen (secondary N) is 2. The molecule has 0 aliphatic carbocycles. The molecule has 0 bridgehead atoms. The molecule has 148 valence electrons. The predicted octanol–water partition coefficient (Wildman–Crippen LogP) is 2.34. The fourth-order valence-corrected chi connectivity index (χ4v) is 3.33. The van der Waals surface area contributed by atoms with Crippen molar-refractivity contribution in [2.24, 2.45) is 0 Å². The molecule has 0 spiro atoms. The molecule has 0 radical (unpaired) electrons. The van der Waals surface area contributed by atoms with Crippen molar-refractivity contribution in [3.05, 3.63) is 81.0 Å². The van der Waals surface area contributed by atoms with Crippen LogP contribution in [0.15, 0.2) is 47.5 Å². The van der Waals surface area contributed by atoms with Crippen LogP contribution in [0, 0.1) is 25.2 Å². The first-order valence-corrected chi connectivity index (χ1v) is 9.47. The van der Waals surface area contributed by atoms with E-state index in [9.17, 15) is 9.59 Å². The minimum absolute atomic E-state index is 0.0540. The number of pyridine rings is 1. The lowest BCUT2D eigenvalue weighted by Crippen LogP contribution is -2.26. The monoisotopic (exact) mass is 389 g/mol. The van der Waals surface area contributed by atoms with Gasteiger partial charge >= 0.3 is 0 Å². The SMILES string of the molecule is Cc1[nH]c(=O)c(C#N)c(C)c1CCC(=O)NCCc1ccc(-n2cccn2)cc1.